The Kier molecular flexibility index (Phi) is 45.3. The second-order valence-corrected chi connectivity index (χ2v) is 35.3. The van der Waals surface area contributed by atoms with Crippen LogP contribution in [0.2, 0.25) is 0 Å². The minimum absolute atomic E-state index is 0.0311. The van der Waals surface area contributed by atoms with E-state index < -0.39 is 23.6 Å². The second kappa shape index (κ2) is 60.4. The summed E-state index contributed by atoms with van der Waals surface area (Å²) in [6.07, 6.45) is 55.3. The second-order valence-electron chi connectivity index (χ2n) is 35.3. The molecule has 8 saturated heterocycles. The number of nitrogens with zero attached hydrogens (tertiary/aromatic N) is 19. The minimum Gasteiger partial charge on any atom is -0.486 e. The highest BCUT2D eigenvalue weighted by Gasteiger charge is 2.36. The van der Waals surface area contributed by atoms with Crippen LogP contribution in [-0.2, 0) is 112 Å². The Morgan fingerprint density at radius 1 is 0.345 bits per heavy atom. The van der Waals surface area contributed by atoms with Crippen molar-refractivity contribution in [3.63, 3.8) is 0 Å². The largest absolute Gasteiger partial charge is 0.486 e. The number of amides is 4. The standard InChI is InChI=1S/C24H24N2.C16H14N4O4.2C12H16N2O2.C12H16N2.C11H15N3O2.2C11H16N2O2/c1-3-10-22(11-4-1)15-8-18-26(21-24-14-7-17-25-20-24)19-9-16-23-12-5-2-6-13-23;21-13-3-4-14(22)19(13)10-18(9-12-2-1-7-17-8-12)11-20-15(23)5-6-16(20)24;1-2-4-13-10(3-1)5-14(6-11-8-15-11)7-12-9-16-12;1-3-15-10-14(11-16-4-2)9-12-6-5-7-13-8-12;1-3-8-14(9-4-2)11-12-6-5-7-13-10-12;1-9(2-13-8-12-1)3-14(4-10-6-15-10)5-11-7-16-11;1-2-12-3-9(1)4-13(5-10-7-14-10)6-11-8-15-11;1-2-4-12(3-1)9-13(5-10-7-14-10)6-11-8-15-11/h1-17,20H,18-19,21H2;1-8H,9-11H2;1-4,11-12H,5-9H2;3-8H,1-2,9-11H2;3-7,10H,1-2,8-9,11H2;1-2,8,10-11H,3-7H2;1-3,9-11H,4-8H2;1-4,10-11H,5-9H2/b15-8-,16-9+;;;;;;;. The molecule has 18 heterocycles. The first-order chi connectivity index (χ1) is 69.8. The van der Waals surface area contributed by atoms with Gasteiger partial charge in [0.15, 0.2) is 0 Å². The van der Waals surface area contributed by atoms with E-state index in [0.717, 1.165) is 203 Å². The molecule has 9 unspecified atom stereocenters. The summed E-state index contributed by atoms with van der Waals surface area (Å²) in [6, 6.07) is 46.6. The van der Waals surface area contributed by atoms with Gasteiger partial charge in [0.1, 0.15) is 19.8 Å². The van der Waals surface area contributed by atoms with E-state index in [9.17, 15) is 19.2 Å². The van der Waals surface area contributed by atoms with E-state index >= 15 is 0 Å². The molecule has 0 saturated carbocycles. The van der Waals surface area contributed by atoms with Crippen LogP contribution in [0.25, 0.3) is 12.2 Å². The van der Waals surface area contributed by atoms with E-state index in [-0.39, 0.29) is 13.3 Å². The van der Waals surface area contributed by atoms with Crippen molar-refractivity contribution in [2.45, 2.75) is 94.8 Å². The van der Waals surface area contributed by atoms with E-state index in [1.807, 2.05) is 127 Å². The lowest BCUT2D eigenvalue weighted by Crippen LogP contribution is -2.47. The summed E-state index contributed by atoms with van der Waals surface area (Å²) < 4.78 is 54.6. The van der Waals surface area contributed by atoms with Crippen LogP contribution in [0.3, 0.4) is 0 Å². The van der Waals surface area contributed by atoms with Crippen molar-refractivity contribution in [2.75, 3.05) is 165 Å². The number of rotatable bonds is 52. The van der Waals surface area contributed by atoms with Crippen LogP contribution in [0.5, 0.6) is 0 Å². The zero-order chi connectivity index (χ0) is 98.6. The number of aromatic nitrogens is 8. The predicted octanol–water partition coefficient (Wildman–Crippen LogP) is 10.9. The fourth-order valence-corrected chi connectivity index (χ4v) is 15.1. The van der Waals surface area contributed by atoms with Crippen LogP contribution in [-0.4, -0.2) is 332 Å². The van der Waals surface area contributed by atoms with E-state index in [1.54, 1.807) is 42.1 Å². The maximum atomic E-state index is 11.8. The molecule has 0 bridgehead atoms. The van der Waals surface area contributed by atoms with Gasteiger partial charge in [0.05, 0.1) is 140 Å². The molecule has 9 aromatic rings. The molecule has 11 aliphatic heterocycles. The van der Waals surface area contributed by atoms with Crippen molar-refractivity contribution in [2.24, 2.45) is 10.9 Å². The number of pyridine rings is 5. The quantitative estimate of drug-likeness (QED) is 0.0112. The van der Waals surface area contributed by atoms with Gasteiger partial charge in [-0.3, -0.25) is 93.2 Å². The summed E-state index contributed by atoms with van der Waals surface area (Å²) in [5, 5.41) is 0. The third-order valence-corrected chi connectivity index (χ3v) is 22.7. The SMILES string of the molecule is C(=C/c1ccccc1)/CN(C/C=C/c1ccccc1)Cc1cccnc1.C1=CC(CN(CC2CO2)CC2CO2)C=N1.C=CCN(CC=C)Cc1cccnc1.C=COCN(COC=C)Cc1cccnc1.O=C1C=CC(=O)N1CN(Cc1cccnc1)CN1C(=O)C=CC1=O.c1ccc(CN(CC2CO2)CC2CO2)nc1.c1ccn(CN(CC2CO2)CC2CO2)c1.c1ncc(CN(CC2CO2)CC2CO2)cn1. The summed E-state index contributed by atoms with van der Waals surface area (Å²) >= 11 is 0. The lowest BCUT2D eigenvalue weighted by Gasteiger charge is -2.29. The van der Waals surface area contributed by atoms with Crippen molar-refractivity contribution in [3.8, 4) is 0 Å². The van der Waals surface area contributed by atoms with Crippen LogP contribution in [0.4, 0.5) is 0 Å². The van der Waals surface area contributed by atoms with Gasteiger partial charge < -0.3 is 51.9 Å². The maximum absolute atomic E-state index is 11.8. The predicted molar refractivity (Wildman–Crippen MR) is 542 cm³/mol. The molecule has 0 spiro atoms. The third-order valence-electron chi connectivity index (χ3n) is 22.7. The van der Waals surface area contributed by atoms with E-state index in [0.29, 0.717) is 81.3 Å². The lowest BCUT2D eigenvalue weighted by atomic mass is 10.1. The van der Waals surface area contributed by atoms with Crippen LogP contribution < -0.4 is 0 Å². The highest BCUT2D eigenvalue weighted by Crippen LogP contribution is 2.24. The molecular formula is C109H133N19O14. The first-order valence-corrected chi connectivity index (χ1v) is 48.2. The fourth-order valence-electron chi connectivity index (χ4n) is 15.1. The van der Waals surface area contributed by atoms with Gasteiger partial charge in [-0.05, 0) is 81.9 Å². The number of hydrogen-bond donors (Lipinski definition) is 0. The molecule has 748 valence electrons. The third kappa shape index (κ3) is 44.5. The molecule has 11 aliphatic rings. The monoisotopic (exact) mass is 1930 g/mol. The average Bonchev–Trinajstić information content (AvgIpc) is 1.71. The normalized spacial score (nSPS) is 20.0. The number of ether oxygens (including phenoxy) is 10. The summed E-state index contributed by atoms with van der Waals surface area (Å²) in [7, 11) is 0. The molecule has 2 aromatic carbocycles. The summed E-state index contributed by atoms with van der Waals surface area (Å²) in [6.45, 7) is 40.7. The Hall–Kier alpha value is -12.9. The van der Waals surface area contributed by atoms with E-state index in [2.05, 4.69) is 222 Å². The molecule has 7 aromatic heterocycles. The molecule has 20 rings (SSSR count). The highest BCUT2D eigenvalue weighted by molar-refractivity contribution is 6.13. The summed E-state index contributed by atoms with van der Waals surface area (Å²) in [5.74, 6) is -1.22. The van der Waals surface area contributed by atoms with Crippen LogP contribution >= 0.6 is 0 Å². The number of carbonyl (C=O) groups is 4. The van der Waals surface area contributed by atoms with Crippen molar-refractivity contribution in [3.05, 3.63) is 371 Å². The smallest absolute Gasteiger partial charge is 0.254 e. The van der Waals surface area contributed by atoms with Gasteiger partial charge in [-0.2, -0.15) is 0 Å². The van der Waals surface area contributed by atoms with Crippen molar-refractivity contribution in [1.29, 1.82) is 0 Å². The van der Waals surface area contributed by atoms with E-state index in [4.69, 9.17) is 47.4 Å². The summed E-state index contributed by atoms with van der Waals surface area (Å²) in [4.78, 5) is 99.8. The van der Waals surface area contributed by atoms with E-state index in [1.165, 1.54) is 59.1 Å². The molecule has 0 N–H and O–H groups in total. The van der Waals surface area contributed by atoms with Crippen LogP contribution in [0.1, 0.15) is 44.6 Å². The molecule has 0 aliphatic carbocycles. The Morgan fingerprint density at radius 2 is 0.704 bits per heavy atom. The van der Waals surface area contributed by atoms with Gasteiger partial charge in [-0.25, -0.2) is 14.9 Å². The van der Waals surface area contributed by atoms with Gasteiger partial charge in [-0.1, -0.05) is 147 Å². The Bertz CT molecular complexity index is 5060. The maximum Gasteiger partial charge on any atom is 0.254 e. The highest BCUT2D eigenvalue weighted by atomic mass is 16.6. The number of hydrogen-bond acceptors (Lipinski definition) is 30. The van der Waals surface area contributed by atoms with Crippen LogP contribution in [0.15, 0.2) is 331 Å². The molecule has 9 atom stereocenters. The van der Waals surface area contributed by atoms with Gasteiger partial charge in [0.2, 0.25) is 0 Å². The van der Waals surface area contributed by atoms with Crippen molar-refractivity contribution >= 4 is 42.0 Å². The molecule has 33 nitrogen and oxygen atoms in total. The van der Waals surface area contributed by atoms with Crippen molar-refractivity contribution in [1.82, 2.24) is 88.5 Å². The zero-order valence-corrected chi connectivity index (χ0v) is 80.9. The number of epoxide rings is 8. The average molecular weight is 1930 g/mol. The fraction of sp³-hybridized carbons (Fsp3) is 0.376. The number of aliphatic imine (C=N–C) groups is 1. The molecule has 33 heteroatoms. The topological polar surface area (TPSA) is 327 Å². The molecule has 8 fully saturated rings. The lowest BCUT2D eigenvalue weighted by molar-refractivity contribution is -0.142. The van der Waals surface area contributed by atoms with Gasteiger partial charge in [0.25, 0.3) is 23.6 Å². The molecule has 0 radical (unpaired) electrons. The zero-order valence-electron chi connectivity index (χ0n) is 80.9. The Balaban J connectivity index is 0.000000138. The van der Waals surface area contributed by atoms with Gasteiger partial charge in [0, 0.05) is 253 Å². The van der Waals surface area contributed by atoms with Crippen molar-refractivity contribution < 1.29 is 66.5 Å². The van der Waals surface area contributed by atoms with Gasteiger partial charge in [-0.15, -0.1) is 13.2 Å². The molecular weight excluding hydrogens is 1800 g/mol. The molecule has 142 heavy (non-hydrogen) atoms. The Morgan fingerprint density at radius 3 is 1.06 bits per heavy atom. The first-order valence-electron chi connectivity index (χ1n) is 48.2. The minimum atomic E-state index is -0.423. The molecule has 4 amide bonds. The number of carbonyl (C=O) groups excluding carboxylic acids is 4. The van der Waals surface area contributed by atoms with Gasteiger partial charge >= 0.3 is 0 Å². The first kappa shape index (κ1) is 106. The summed E-state index contributed by atoms with van der Waals surface area (Å²) in [5.41, 5.74) is 9.10. The number of benzene rings is 2. The van der Waals surface area contributed by atoms with Crippen LogP contribution in [0, 0.1) is 5.92 Å². The Labute approximate surface area is 833 Å². The number of imide groups is 2.